The molecule has 4 nitrogen and oxygen atoms in total. The zero-order valence-corrected chi connectivity index (χ0v) is 9.59. The molecular formula is C10H22N2O2. The van der Waals surface area contributed by atoms with E-state index in [1.54, 1.807) is 0 Å². The van der Waals surface area contributed by atoms with E-state index < -0.39 is 0 Å². The minimum Gasteiger partial charge on any atom is -0.449 e. The summed E-state index contributed by atoms with van der Waals surface area (Å²) in [6.07, 6.45) is -0.329. The van der Waals surface area contributed by atoms with E-state index in [2.05, 4.69) is 24.5 Å². The highest BCUT2D eigenvalue weighted by molar-refractivity contribution is 5.67. The number of ether oxygens (including phenoxy) is 1. The van der Waals surface area contributed by atoms with Gasteiger partial charge >= 0.3 is 6.09 Å². The van der Waals surface area contributed by atoms with Gasteiger partial charge in [0.25, 0.3) is 0 Å². The summed E-state index contributed by atoms with van der Waals surface area (Å²) in [5.41, 5.74) is 0. The maximum Gasteiger partial charge on any atom is 0.407 e. The topological polar surface area (TPSA) is 50.4 Å². The molecule has 0 bridgehead atoms. The van der Waals surface area contributed by atoms with Crippen LogP contribution in [0.2, 0.25) is 0 Å². The molecule has 0 spiro atoms. The van der Waals surface area contributed by atoms with Crippen LogP contribution >= 0.6 is 0 Å². The van der Waals surface area contributed by atoms with Crippen LogP contribution in [0.25, 0.3) is 0 Å². The summed E-state index contributed by atoms with van der Waals surface area (Å²) in [6.45, 7) is 10.0. The zero-order valence-electron chi connectivity index (χ0n) is 9.59. The Morgan fingerprint density at radius 3 is 2.36 bits per heavy atom. The first-order valence-corrected chi connectivity index (χ1v) is 5.16. The molecule has 0 aliphatic heterocycles. The van der Waals surface area contributed by atoms with E-state index in [0.29, 0.717) is 25.1 Å². The fourth-order valence-corrected chi connectivity index (χ4v) is 0.819. The van der Waals surface area contributed by atoms with Crippen molar-refractivity contribution in [2.45, 2.75) is 33.7 Å². The Morgan fingerprint density at radius 1 is 1.21 bits per heavy atom. The average molecular weight is 202 g/mol. The van der Waals surface area contributed by atoms with Gasteiger partial charge in [0.05, 0.1) is 6.61 Å². The van der Waals surface area contributed by atoms with Gasteiger partial charge in [0.2, 0.25) is 0 Å². The lowest BCUT2D eigenvalue weighted by molar-refractivity contribution is 0.133. The number of amides is 1. The molecule has 0 fully saturated rings. The van der Waals surface area contributed by atoms with Gasteiger partial charge in [-0.3, -0.25) is 0 Å². The molecule has 2 N–H and O–H groups in total. The highest BCUT2D eigenvalue weighted by atomic mass is 16.5. The number of alkyl carbamates (subject to hydrolysis) is 1. The summed E-state index contributed by atoms with van der Waals surface area (Å²) >= 11 is 0. The average Bonchev–Trinajstić information content (AvgIpc) is 2.08. The molecule has 84 valence electrons. The molecule has 0 atom stereocenters. The number of carbonyl (C=O) groups is 1. The first kappa shape index (κ1) is 13.2. The Kier molecular flexibility index (Phi) is 7.20. The predicted molar refractivity (Wildman–Crippen MR) is 57.3 cm³/mol. The first-order valence-electron chi connectivity index (χ1n) is 5.16. The quantitative estimate of drug-likeness (QED) is 0.639. The summed E-state index contributed by atoms with van der Waals surface area (Å²) in [6, 6.07) is 0.448. The second-order valence-electron chi connectivity index (χ2n) is 4.03. The van der Waals surface area contributed by atoms with Crippen molar-refractivity contribution < 1.29 is 9.53 Å². The second-order valence-corrected chi connectivity index (χ2v) is 4.03. The van der Waals surface area contributed by atoms with Gasteiger partial charge in [0.15, 0.2) is 0 Å². The largest absolute Gasteiger partial charge is 0.449 e. The molecule has 1 amide bonds. The molecule has 0 rings (SSSR count). The number of nitrogens with one attached hydrogen (secondary N) is 2. The van der Waals surface area contributed by atoms with Gasteiger partial charge in [0, 0.05) is 19.1 Å². The van der Waals surface area contributed by atoms with Crippen molar-refractivity contribution in [3.8, 4) is 0 Å². The van der Waals surface area contributed by atoms with Gasteiger partial charge in [-0.05, 0) is 5.92 Å². The number of hydrogen-bond acceptors (Lipinski definition) is 3. The van der Waals surface area contributed by atoms with E-state index in [9.17, 15) is 4.79 Å². The lowest BCUT2D eigenvalue weighted by Crippen LogP contribution is -2.35. The van der Waals surface area contributed by atoms with Crippen LogP contribution in [-0.4, -0.2) is 31.8 Å². The molecule has 0 aliphatic carbocycles. The Bertz CT molecular complexity index is 158. The third-order valence-electron chi connectivity index (χ3n) is 1.49. The van der Waals surface area contributed by atoms with Crippen LogP contribution in [0.4, 0.5) is 4.79 Å². The minimum absolute atomic E-state index is 0.329. The second kappa shape index (κ2) is 7.62. The van der Waals surface area contributed by atoms with Crippen molar-refractivity contribution in [3.05, 3.63) is 0 Å². The van der Waals surface area contributed by atoms with Crippen molar-refractivity contribution in [1.82, 2.24) is 10.6 Å². The first-order chi connectivity index (χ1) is 6.52. The molecule has 0 aromatic carbocycles. The third kappa shape index (κ3) is 9.32. The third-order valence-corrected chi connectivity index (χ3v) is 1.49. The standard InChI is InChI=1S/C10H22N2O2/c1-8(2)7-14-10(13)12-6-5-11-9(3)4/h8-9,11H,5-7H2,1-4H3,(H,12,13). The molecule has 0 aliphatic rings. The summed E-state index contributed by atoms with van der Waals surface area (Å²) in [5.74, 6) is 0.384. The Balaban J connectivity index is 3.27. The van der Waals surface area contributed by atoms with E-state index in [0.717, 1.165) is 6.54 Å². The van der Waals surface area contributed by atoms with Crippen LogP contribution in [0, 0.1) is 5.92 Å². The summed E-state index contributed by atoms with van der Waals surface area (Å²) in [5, 5.41) is 5.87. The lowest BCUT2D eigenvalue weighted by Gasteiger charge is -2.10. The van der Waals surface area contributed by atoms with Crippen LogP contribution < -0.4 is 10.6 Å². The predicted octanol–water partition coefficient (Wildman–Crippen LogP) is 1.37. The zero-order chi connectivity index (χ0) is 11.0. The van der Waals surface area contributed by atoms with Crippen LogP contribution in [0.5, 0.6) is 0 Å². The lowest BCUT2D eigenvalue weighted by atomic mass is 10.2. The molecule has 0 heterocycles. The monoisotopic (exact) mass is 202 g/mol. The number of carbonyl (C=O) groups excluding carboxylic acids is 1. The van der Waals surface area contributed by atoms with Crippen LogP contribution in [-0.2, 0) is 4.74 Å². The van der Waals surface area contributed by atoms with Crippen molar-refractivity contribution >= 4 is 6.09 Å². The van der Waals surface area contributed by atoms with Crippen molar-refractivity contribution in [2.24, 2.45) is 5.92 Å². The van der Waals surface area contributed by atoms with Gasteiger partial charge in [0.1, 0.15) is 0 Å². The highest BCUT2D eigenvalue weighted by Gasteiger charge is 2.02. The molecule has 0 saturated heterocycles. The van der Waals surface area contributed by atoms with E-state index in [1.165, 1.54) is 0 Å². The van der Waals surface area contributed by atoms with Gasteiger partial charge < -0.3 is 15.4 Å². The fraction of sp³-hybridized carbons (Fsp3) is 0.900. The normalized spacial score (nSPS) is 10.7. The van der Waals surface area contributed by atoms with E-state index >= 15 is 0 Å². The van der Waals surface area contributed by atoms with Gasteiger partial charge in [-0.15, -0.1) is 0 Å². The molecule has 14 heavy (non-hydrogen) atoms. The molecule has 0 saturated carbocycles. The van der Waals surface area contributed by atoms with Crippen molar-refractivity contribution in [1.29, 1.82) is 0 Å². The summed E-state index contributed by atoms with van der Waals surface area (Å²) in [7, 11) is 0. The summed E-state index contributed by atoms with van der Waals surface area (Å²) in [4.78, 5) is 11.0. The maximum atomic E-state index is 11.0. The maximum absolute atomic E-state index is 11.0. The van der Waals surface area contributed by atoms with E-state index in [-0.39, 0.29) is 6.09 Å². The van der Waals surface area contributed by atoms with Crippen LogP contribution in [0.3, 0.4) is 0 Å². The molecule has 0 radical (unpaired) electrons. The number of rotatable bonds is 6. The molecule has 4 heteroatoms. The molecule has 0 unspecified atom stereocenters. The van der Waals surface area contributed by atoms with E-state index in [1.807, 2.05) is 13.8 Å². The van der Waals surface area contributed by atoms with Gasteiger partial charge in [-0.25, -0.2) is 4.79 Å². The molecule has 0 aromatic heterocycles. The van der Waals surface area contributed by atoms with Crippen molar-refractivity contribution in [3.63, 3.8) is 0 Å². The molecule has 0 aromatic rings. The Hall–Kier alpha value is -0.770. The Labute approximate surface area is 86.4 Å². The van der Waals surface area contributed by atoms with Gasteiger partial charge in [-0.1, -0.05) is 27.7 Å². The SMILES string of the molecule is CC(C)COC(=O)NCCNC(C)C. The van der Waals surface area contributed by atoms with Gasteiger partial charge in [-0.2, -0.15) is 0 Å². The highest BCUT2D eigenvalue weighted by Crippen LogP contribution is 1.91. The van der Waals surface area contributed by atoms with Crippen LogP contribution in [0.1, 0.15) is 27.7 Å². The fourth-order valence-electron chi connectivity index (χ4n) is 0.819. The van der Waals surface area contributed by atoms with E-state index in [4.69, 9.17) is 4.74 Å². The van der Waals surface area contributed by atoms with Crippen molar-refractivity contribution in [2.75, 3.05) is 19.7 Å². The molecular weight excluding hydrogens is 180 g/mol. The summed E-state index contributed by atoms with van der Waals surface area (Å²) < 4.78 is 4.93. The van der Waals surface area contributed by atoms with Crippen LogP contribution in [0.15, 0.2) is 0 Å². The Morgan fingerprint density at radius 2 is 1.86 bits per heavy atom. The minimum atomic E-state index is -0.329. The number of hydrogen-bond donors (Lipinski definition) is 2. The smallest absolute Gasteiger partial charge is 0.407 e.